The highest BCUT2D eigenvalue weighted by molar-refractivity contribution is 6.05. The van der Waals surface area contributed by atoms with Gasteiger partial charge >= 0.3 is 0 Å². The molecular weight excluding hydrogens is 262 g/mol. The summed E-state index contributed by atoms with van der Waals surface area (Å²) in [7, 11) is 0. The van der Waals surface area contributed by atoms with Gasteiger partial charge in [0.15, 0.2) is 0 Å². The zero-order valence-corrected chi connectivity index (χ0v) is 12.7. The fourth-order valence-corrected chi connectivity index (χ4v) is 2.01. The molecule has 0 fully saturated rings. The van der Waals surface area contributed by atoms with E-state index in [1.807, 2.05) is 38.1 Å². The van der Waals surface area contributed by atoms with Crippen molar-refractivity contribution in [1.29, 1.82) is 0 Å². The number of nitrogens with zero attached hydrogens (tertiary/aromatic N) is 1. The summed E-state index contributed by atoms with van der Waals surface area (Å²) in [6, 6.07) is 7.70. The van der Waals surface area contributed by atoms with Crippen molar-refractivity contribution in [2.24, 2.45) is 0 Å². The van der Waals surface area contributed by atoms with Gasteiger partial charge in [-0.25, -0.2) is 0 Å². The van der Waals surface area contributed by atoms with Gasteiger partial charge in [-0.05, 0) is 43.5 Å². The second-order valence-electron chi connectivity index (χ2n) is 5.09. The third kappa shape index (κ3) is 3.81. The number of carbonyl (C=O) groups excluding carboxylic acids is 1. The number of pyridine rings is 1. The van der Waals surface area contributed by atoms with Crippen LogP contribution in [0.15, 0.2) is 36.7 Å². The maximum Gasteiger partial charge on any atom is 0.257 e. The molecular formula is C17H21N3O. The number of aryl methyl sites for hydroxylation is 1. The van der Waals surface area contributed by atoms with E-state index in [2.05, 4.69) is 22.5 Å². The SMILES string of the molecule is CCCNc1cncc(C(=O)Nc2cccc(C)c2C)c1. The van der Waals surface area contributed by atoms with Crippen LogP contribution in [0.25, 0.3) is 0 Å². The molecule has 0 aliphatic carbocycles. The zero-order valence-electron chi connectivity index (χ0n) is 12.7. The Hall–Kier alpha value is -2.36. The Bertz CT molecular complexity index is 638. The topological polar surface area (TPSA) is 54.0 Å². The van der Waals surface area contributed by atoms with Crippen LogP contribution >= 0.6 is 0 Å². The van der Waals surface area contributed by atoms with E-state index in [0.717, 1.165) is 35.5 Å². The normalized spacial score (nSPS) is 10.2. The fourth-order valence-electron chi connectivity index (χ4n) is 2.01. The standard InChI is InChI=1S/C17H21N3O/c1-4-8-19-15-9-14(10-18-11-15)17(21)20-16-7-5-6-12(2)13(16)3/h5-7,9-11,19H,4,8H2,1-3H3,(H,20,21). The van der Waals surface area contributed by atoms with Gasteiger partial charge in [0.1, 0.15) is 0 Å². The summed E-state index contributed by atoms with van der Waals surface area (Å²) in [5.74, 6) is -0.142. The molecule has 0 saturated carbocycles. The van der Waals surface area contributed by atoms with Gasteiger partial charge in [0.25, 0.3) is 5.91 Å². The number of hydrogen-bond acceptors (Lipinski definition) is 3. The number of carbonyl (C=O) groups is 1. The van der Waals surface area contributed by atoms with Crippen LogP contribution in [-0.2, 0) is 0 Å². The molecule has 2 aromatic rings. The Balaban J connectivity index is 2.15. The van der Waals surface area contributed by atoms with Crippen molar-refractivity contribution in [3.05, 3.63) is 53.3 Å². The molecule has 1 aromatic carbocycles. The van der Waals surface area contributed by atoms with Crippen molar-refractivity contribution < 1.29 is 4.79 Å². The quantitative estimate of drug-likeness (QED) is 0.878. The van der Waals surface area contributed by atoms with E-state index in [0.29, 0.717) is 5.56 Å². The predicted octanol–water partition coefficient (Wildman–Crippen LogP) is 3.77. The van der Waals surface area contributed by atoms with Crippen LogP contribution < -0.4 is 10.6 Å². The van der Waals surface area contributed by atoms with E-state index in [1.54, 1.807) is 12.4 Å². The molecule has 0 aliphatic rings. The highest BCUT2D eigenvalue weighted by Crippen LogP contribution is 2.19. The third-order valence-electron chi connectivity index (χ3n) is 3.43. The largest absolute Gasteiger partial charge is 0.384 e. The van der Waals surface area contributed by atoms with E-state index in [1.165, 1.54) is 0 Å². The smallest absolute Gasteiger partial charge is 0.257 e. The number of anilines is 2. The molecule has 0 bridgehead atoms. The van der Waals surface area contributed by atoms with Crippen LogP contribution in [0.1, 0.15) is 34.8 Å². The van der Waals surface area contributed by atoms with Crippen LogP contribution in [0.5, 0.6) is 0 Å². The maximum absolute atomic E-state index is 12.3. The van der Waals surface area contributed by atoms with Gasteiger partial charge in [-0.1, -0.05) is 19.1 Å². The first-order valence-corrected chi connectivity index (χ1v) is 7.18. The molecule has 1 heterocycles. The van der Waals surface area contributed by atoms with Crippen molar-refractivity contribution in [2.45, 2.75) is 27.2 Å². The molecule has 0 unspecified atom stereocenters. The highest BCUT2D eigenvalue weighted by Gasteiger charge is 2.09. The van der Waals surface area contributed by atoms with Gasteiger partial charge in [-0.3, -0.25) is 9.78 Å². The highest BCUT2D eigenvalue weighted by atomic mass is 16.1. The summed E-state index contributed by atoms with van der Waals surface area (Å²) in [6.45, 7) is 6.99. The Labute approximate surface area is 125 Å². The molecule has 1 aromatic heterocycles. The summed E-state index contributed by atoms with van der Waals surface area (Å²) >= 11 is 0. The summed E-state index contributed by atoms with van der Waals surface area (Å²) < 4.78 is 0. The van der Waals surface area contributed by atoms with Gasteiger partial charge in [0.2, 0.25) is 0 Å². The van der Waals surface area contributed by atoms with Crippen LogP contribution in [-0.4, -0.2) is 17.4 Å². The lowest BCUT2D eigenvalue weighted by molar-refractivity contribution is 0.102. The van der Waals surface area contributed by atoms with Crippen LogP contribution in [0.3, 0.4) is 0 Å². The van der Waals surface area contributed by atoms with E-state index in [-0.39, 0.29) is 5.91 Å². The second-order valence-corrected chi connectivity index (χ2v) is 5.09. The predicted molar refractivity (Wildman–Crippen MR) is 86.9 cm³/mol. The Kier molecular flexibility index (Phi) is 4.93. The number of hydrogen-bond donors (Lipinski definition) is 2. The number of benzene rings is 1. The Morgan fingerprint density at radius 3 is 2.81 bits per heavy atom. The molecule has 1 amide bonds. The van der Waals surface area contributed by atoms with Crippen molar-refractivity contribution in [3.8, 4) is 0 Å². The van der Waals surface area contributed by atoms with E-state index < -0.39 is 0 Å². The molecule has 2 N–H and O–H groups in total. The summed E-state index contributed by atoms with van der Waals surface area (Å²) in [5, 5.41) is 6.18. The van der Waals surface area contributed by atoms with Crippen LogP contribution in [0.4, 0.5) is 11.4 Å². The lowest BCUT2D eigenvalue weighted by atomic mass is 10.1. The van der Waals surface area contributed by atoms with Gasteiger partial charge in [0.05, 0.1) is 11.3 Å². The number of rotatable bonds is 5. The minimum Gasteiger partial charge on any atom is -0.384 e. The number of nitrogens with one attached hydrogen (secondary N) is 2. The van der Waals surface area contributed by atoms with Crippen LogP contribution in [0, 0.1) is 13.8 Å². The average Bonchev–Trinajstić information content (AvgIpc) is 2.50. The second kappa shape index (κ2) is 6.88. The minimum absolute atomic E-state index is 0.142. The molecule has 110 valence electrons. The minimum atomic E-state index is -0.142. The molecule has 0 atom stereocenters. The van der Waals surface area contributed by atoms with E-state index >= 15 is 0 Å². The molecule has 21 heavy (non-hydrogen) atoms. The average molecular weight is 283 g/mol. The monoisotopic (exact) mass is 283 g/mol. The fraction of sp³-hybridized carbons (Fsp3) is 0.294. The van der Waals surface area contributed by atoms with Crippen LogP contribution in [0.2, 0.25) is 0 Å². The van der Waals surface area contributed by atoms with Crippen molar-refractivity contribution >= 4 is 17.3 Å². The third-order valence-corrected chi connectivity index (χ3v) is 3.43. The molecule has 4 heteroatoms. The van der Waals surface area contributed by atoms with Crippen molar-refractivity contribution in [2.75, 3.05) is 17.2 Å². The molecule has 4 nitrogen and oxygen atoms in total. The van der Waals surface area contributed by atoms with Gasteiger partial charge in [-0.15, -0.1) is 0 Å². The molecule has 0 radical (unpaired) electrons. The zero-order chi connectivity index (χ0) is 15.2. The van der Waals surface area contributed by atoms with Crippen molar-refractivity contribution in [3.63, 3.8) is 0 Å². The lowest BCUT2D eigenvalue weighted by Crippen LogP contribution is -2.14. The Morgan fingerprint density at radius 1 is 1.24 bits per heavy atom. The molecule has 0 spiro atoms. The Morgan fingerprint density at radius 2 is 2.05 bits per heavy atom. The van der Waals surface area contributed by atoms with E-state index in [9.17, 15) is 4.79 Å². The number of amides is 1. The van der Waals surface area contributed by atoms with Gasteiger partial charge in [-0.2, -0.15) is 0 Å². The molecule has 0 saturated heterocycles. The molecule has 0 aliphatic heterocycles. The lowest BCUT2D eigenvalue weighted by Gasteiger charge is -2.11. The first kappa shape index (κ1) is 15.0. The number of aromatic nitrogens is 1. The summed E-state index contributed by atoms with van der Waals surface area (Å²) in [6.07, 6.45) is 4.33. The first-order valence-electron chi connectivity index (χ1n) is 7.18. The first-order chi connectivity index (χ1) is 10.1. The summed E-state index contributed by atoms with van der Waals surface area (Å²) in [5.41, 5.74) is 4.50. The van der Waals surface area contributed by atoms with Gasteiger partial charge < -0.3 is 10.6 Å². The van der Waals surface area contributed by atoms with Crippen molar-refractivity contribution in [1.82, 2.24) is 4.98 Å². The van der Waals surface area contributed by atoms with Gasteiger partial charge in [0, 0.05) is 24.6 Å². The van der Waals surface area contributed by atoms with E-state index in [4.69, 9.17) is 0 Å². The molecule has 2 rings (SSSR count). The summed E-state index contributed by atoms with van der Waals surface area (Å²) in [4.78, 5) is 16.4. The maximum atomic E-state index is 12.3.